The molecule has 0 spiro atoms. The lowest BCUT2D eigenvalue weighted by atomic mass is 10.0. The zero-order valence-electron chi connectivity index (χ0n) is 16.2. The molecule has 0 N–H and O–H groups in total. The van der Waals surface area contributed by atoms with Crippen LogP contribution >= 0.6 is 0 Å². The van der Waals surface area contributed by atoms with Crippen molar-refractivity contribution in [1.29, 1.82) is 0 Å². The highest BCUT2D eigenvalue weighted by molar-refractivity contribution is 5.78. The van der Waals surface area contributed by atoms with E-state index in [1.165, 1.54) is 11.1 Å². The third kappa shape index (κ3) is 4.28. The second-order valence-corrected chi connectivity index (χ2v) is 7.80. The van der Waals surface area contributed by atoms with Crippen LogP contribution in [0.1, 0.15) is 30.4 Å². The minimum absolute atomic E-state index is 0.117. The summed E-state index contributed by atoms with van der Waals surface area (Å²) < 4.78 is 16.3. The molecule has 2 saturated heterocycles. The Bertz CT molecular complexity index is 660. The molecule has 3 heterocycles. The standard InChI is InChI=1S/C21H30N2O4/c1-25-15-21(24)23(18-6-9-26-10-7-18)19-4-8-22(14-19)13-16-2-3-20-17(12-16)5-11-27-20/h2-3,12,18-19H,4-11,13-15H2,1H3. The van der Waals surface area contributed by atoms with Gasteiger partial charge < -0.3 is 19.1 Å². The average Bonchev–Trinajstić information content (AvgIpc) is 3.32. The van der Waals surface area contributed by atoms with Crippen LogP contribution in [0.25, 0.3) is 0 Å². The predicted molar refractivity (Wildman–Crippen MR) is 102 cm³/mol. The fourth-order valence-corrected chi connectivity index (χ4v) is 4.65. The van der Waals surface area contributed by atoms with Crippen molar-refractivity contribution >= 4 is 5.91 Å². The molecule has 6 nitrogen and oxygen atoms in total. The summed E-state index contributed by atoms with van der Waals surface area (Å²) in [5, 5.41) is 0. The number of benzene rings is 1. The van der Waals surface area contributed by atoms with Gasteiger partial charge in [-0.2, -0.15) is 0 Å². The molecule has 1 aromatic carbocycles. The molecule has 1 unspecified atom stereocenters. The number of methoxy groups -OCH3 is 1. The number of ether oxygens (including phenoxy) is 3. The Morgan fingerprint density at radius 1 is 1.22 bits per heavy atom. The zero-order chi connectivity index (χ0) is 18.6. The Morgan fingerprint density at radius 2 is 2.07 bits per heavy atom. The summed E-state index contributed by atoms with van der Waals surface area (Å²) in [6.45, 7) is 5.34. The van der Waals surface area contributed by atoms with Crippen molar-refractivity contribution in [3.8, 4) is 5.75 Å². The summed E-state index contributed by atoms with van der Waals surface area (Å²) in [7, 11) is 1.60. The third-order valence-electron chi connectivity index (χ3n) is 5.94. The molecule has 1 amide bonds. The van der Waals surface area contributed by atoms with Crippen LogP contribution in [-0.2, 0) is 27.2 Å². The minimum Gasteiger partial charge on any atom is -0.493 e. The molecule has 0 aromatic heterocycles. The molecule has 0 aliphatic carbocycles. The maximum Gasteiger partial charge on any atom is 0.249 e. The van der Waals surface area contributed by atoms with E-state index in [-0.39, 0.29) is 24.6 Å². The van der Waals surface area contributed by atoms with Gasteiger partial charge in [-0.25, -0.2) is 0 Å². The van der Waals surface area contributed by atoms with E-state index in [0.717, 1.165) is 70.9 Å². The molecular formula is C21H30N2O4. The number of fused-ring (bicyclic) bond motifs is 1. The normalized spacial score (nSPS) is 23.2. The number of carbonyl (C=O) groups excluding carboxylic acids is 1. The van der Waals surface area contributed by atoms with Gasteiger partial charge in [-0.3, -0.25) is 9.69 Å². The Balaban J connectivity index is 1.40. The highest BCUT2D eigenvalue weighted by Gasteiger charge is 2.35. The summed E-state index contributed by atoms with van der Waals surface area (Å²) in [5.74, 6) is 1.15. The molecule has 1 aromatic rings. The van der Waals surface area contributed by atoms with Crippen molar-refractivity contribution < 1.29 is 19.0 Å². The molecule has 148 valence electrons. The number of hydrogen-bond acceptors (Lipinski definition) is 5. The Hall–Kier alpha value is -1.63. The van der Waals surface area contributed by atoms with Crippen LogP contribution in [0, 0.1) is 0 Å². The van der Waals surface area contributed by atoms with Crippen molar-refractivity contribution in [2.45, 2.75) is 44.3 Å². The Labute approximate surface area is 161 Å². The molecular weight excluding hydrogens is 344 g/mol. The van der Waals surface area contributed by atoms with E-state index in [0.29, 0.717) is 0 Å². The highest BCUT2D eigenvalue weighted by atomic mass is 16.5. The molecule has 3 aliphatic rings. The number of rotatable bonds is 6. The van der Waals surface area contributed by atoms with Crippen LogP contribution in [0.3, 0.4) is 0 Å². The summed E-state index contributed by atoms with van der Waals surface area (Å²) in [6.07, 6.45) is 3.89. The van der Waals surface area contributed by atoms with Crippen LogP contribution in [0.5, 0.6) is 5.75 Å². The first-order chi connectivity index (χ1) is 13.2. The average molecular weight is 374 g/mol. The van der Waals surface area contributed by atoms with Gasteiger partial charge in [0.1, 0.15) is 12.4 Å². The van der Waals surface area contributed by atoms with E-state index in [1.54, 1.807) is 7.11 Å². The molecule has 0 bridgehead atoms. The van der Waals surface area contributed by atoms with Crippen LogP contribution in [0.15, 0.2) is 18.2 Å². The van der Waals surface area contributed by atoms with Gasteiger partial charge in [-0.1, -0.05) is 12.1 Å². The van der Waals surface area contributed by atoms with E-state index in [4.69, 9.17) is 14.2 Å². The topological polar surface area (TPSA) is 51.2 Å². The number of hydrogen-bond donors (Lipinski definition) is 0. The molecule has 3 aliphatic heterocycles. The molecule has 1 atom stereocenters. The van der Waals surface area contributed by atoms with Crippen molar-refractivity contribution in [3.63, 3.8) is 0 Å². The van der Waals surface area contributed by atoms with E-state index in [9.17, 15) is 4.79 Å². The van der Waals surface area contributed by atoms with Gasteiger partial charge in [0.25, 0.3) is 0 Å². The highest BCUT2D eigenvalue weighted by Crippen LogP contribution is 2.28. The van der Waals surface area contributed by atoms with Gasteiger partial charge in [0, 0.05) is 58.5 Å². The van der Waals surface area contributed by atoms with Gasteiger partial charge in [-0.05, 0) is 36.5 Å². The molecule has 27 heavy (non-hydrogen) atoms. The summed E-state index contributed by atoms with van der Waals surface area (Å²) in [5.41, 5.74) is 2.66. The van der Waals surface area contributed by atoms with Gasteiger partial charge in [0.15, 0.2) is 0 Å². The van der Waals surface area contributed by atoms with Gasteiger partial charge in [0.2, 0.25) is 5.91 Å². The first kappa shape index (κ1) is 18.7. The van der Waals surface area contributed by atoms with Crippen LogP contribution in [0.4, 0.5) is 0 Å². The van der Waals surface area contributed by atoms with E-state index < -0.39 is 0 Å². The van der Waals surface area contributed by atoms with Gasteiger partial charge in [0.05, 0.1) is 6.61 Å². The van der Waals surface area contributed by atoms with Crippen molar-refractivity contribution in [1.82, 2.24) is 9.80 Å². The first-order valence-electron chi connectivity index (χ1n) is 10.1. The van der Waals surface area contributed by atoms with Crippen LogP contribution in [0.2, 0.25) is 0 Å². The van der Waals surface area contributed by atoms with E-state index >= 15 is 0 Å². The molecule has 4 rings (SSSR count). The summed E-state index contributed by atoms with van der Waals surface area (Å²) in [4.78, 5) is 17.3. The van der Waals surface area contributed by atoms with Crippen molar-refractivity contribution in [2.75, 3.05) is 46.6 Å². The summed E-state index contributed by atoms with van der Waals surface area (Å²) in [6, 6.07) is 7.10. The van der Waals surface area contributed by atoms with Crippen molar-refractivity contribution in [2.24, 2.45) is 0 Å². The monoisotopic (exact) mass is 374 g/mol. The lowest BCUT2D eigenvalue weighted by molar-refractivity contribution is -0.142. The van der Waals surface area contributed by atoms with Gasteiger partial charge in [-0.15, -0.1) is 0 Å². The third-order valence-corrected chi connectivity index (χ3v) is 5.94. The van der Waals surface area contributed by atoms with Crippen LogP contribution < -0.4 is 4.74 Å². The Kier molecular flexibility index (Phi) is 5.95. The number of carbonyl (C=O) groups is 1. The smallest absolute Gasteiger partial charge is 0.249 e. The zero-order valence-corrected chi connectivity index (χ0v) is 16.2. The molecule has 0 radical (unpaired) electrons. The largest absolute Gasteiger partial charge is 0.493 e. The number of likely N-dealkylation sites (tertiary alicyclic amines) is 1. The second-order valence-electron chi connectivity index (χ2n) is 7.80. The summed E-state index contributed by atoms with van der Waals surface area (Å²) >= 11 is 0. The first-order valence-corrected chi connectivity index (χ1v) is 10.1. The lowest BCUT2D eigenvalue weighted by Gasteiger charge is -2.38. The van der Waals surface area contributed by atoms with E-state index in [1.807, 2.05) is 0 Å². The number of nitrogens with zero attached hydrogens (tertiary/aromatic N) is 2. The quantitative estimate of drug-likeness (QED) is 0.761. The van der Waals surface area contributed by atoms with Crippen LogP contribution in [-0.4, -0.2) is 74.4 Å². The Morgan fingerprint density at radius 3 is 2.89 bits per heavy atom. The fraction of sp³-hybridized carbons (Fsp3) is 0.667. The van der Waals surface area contributed by atoms with Crippen molar-refractivity contribution in [3.05, 3.63) is 29.3 Å². The molecule has 0 saturated carbocycles. The maximum atomic E-state index is 12.8. The molecule has 6 heteroatoms. The minimum atomic E-state index is 0.117. The fourth-order valence-electron chi connectivity index (χ4n) is 4.65. The maximum absolute atomic E-state index is 12.8. The van der Waals surface area contributed by atoms with E-state index in [2.05, 4.69) is 28.0 Å². The molecule has 2 fully saturated rings. The SMILES string of the molecule is COCC(=O)N(C1CCOCC1)C1CCN(Cc2ccc3c(c2)CCO3)C1. The number of amides is 1. The second kappa shape index (κ2) is 8.59. The lowest BCUT2D eigenvalue weighted by Crippen LogP contribution is -2.51. The van der Waals surface area contributed by atoms with Gasteiger partial charge >= 0.3 is 0 Å². The predicted octanol–water partition coefficient (Wildman–Crippen LogP) is 1.85.